The van der Waals surface area contributed by atoms with Gasteiger partial charge in [-0.05, 0) is 49.9 Å². The number of rotatable bonds is 5. The van der Waals surface area contributed by atoms with Crippen LogP contribution in [0, 0.1) is 11.3 Å². The van der Waals surface area contributed by atoms with Gasteiger partial charge in [0.1, 0.15) is 0 Å². The van der Waals surface area contributed by atoms with Crippen molar-refractivity contribution < 1.29 is 4.79 Å². The molecule has 2 aliphatic rings. The summed E-state index contributed by atoms with van der Waals surface area (Å²) in [5.74, 6) is 0.970. The van der Waals surface area contributed by atoms with Crippen LogP contribution in [0.3, 0.4) is 0 Å². The normalized spacial score (nSPS) is 27.3. The van der Waals surface area contributed by atoms with E-state index in [0.717, 1.165) is 38.3 Å². The van der Waals surface area contributed by atoms with Crippen molar-refractivity contribution in [2.75, 3.05) is 13.1 Å². The van der Waals surface area contributed by atoms with Gasteiger partial charge in [-0.3, -0.25) is 4.79 Å². The van der Waals surface area contributed by atoms with Gasteiger partial charge in [0, 0.05) is 13.1 Å². The molecule has 2 rings (SSSR count). The number of carbonyl (C=O) groups is 1. The third kappa shape index (κ3) is 4.20. The highest BCUT2D eigenvalue weighted by Gasteiger charge is 2.35. The van der Waals surface area contributed by atoms with E-state index in [4.69, 9.17) is 0 Å². The minimum atomic E-state index is 0.0483. The smallest absolute Gasteiger partial charge is 0.237 e. The molecule has 0 bridgehead atoms. The van der Waals surface area contributed by atoms with Crippen molar-refractivity contribution in [3.63, 3.8) is 0 Å². The zero-order chi connectivity index (χ0) is 13.7. The quantitative estimate of drug-likeness (QED) is 0.803. The molecule has 1 heterocycles. The van der Waals surface area contributed by atoms with E-state index in [-0.39, 0.29) is 11.9 Å². The minimum Gasteiger partial charge on any atom is -0.355 e. The van der Waals surface area contributed by atoms with Crippen molar-refractivity contribution in [3.05, 3.63) is 0 Å². The van der Waals surface area contributed by atoms with E-state index in [1.807, 2.05) is 0 Å². The van der Waals surface area contributed by atoms with Crippen molar-refractivity contribution in [1.29, 1.82) is 0 Å². The highest BCUT2D eigenvalue weighted by atomic mass is 16.2. The molecular formula is C16H30N2O. The summed E-state index contributed by atoms with van der Waals surface area (Å²) < 4.78 is 0. The zero-order valence-corrected chi connectivity index (χ0v) is 12.6. The molecule has 1 unspecified atom stereocenters. The van der Waals surface area contributed by atoms with Crippen LogP contribution in [0.15, 0.2) is 0 Å². The molecule has 0 radical (unpaired) electrons. The third-order valence-electron chi connectivity index (χ3n) is 4.76. The second-order valence-corrected chi connectivity index (χ2v) is 7.03. The number of carbonyl (C=O) groups excluding carboxylic acids is 1. The molecular weight excluding hydrogens is 236 g/mol. The topological polar surface area (TPSA) is 41.1 Å². The monoisotopic (exact) mass is 266 g/mol. The molecule has 2 N–H and O–H groups in total. The number of hydrogen-bond acceptors (Lipinski definition) is 2. The number of nitrogens with one attached hydrogen (secondary N) is 2. The van der Waals surface area contributed by atoms with Crippen molar-refractivity contribution in [2.45, 2.75) is 71.3 Å². The minimum absolute atomic E-state index is 0.0483. The van der Waals surface area contributed by atoms with Gasteiger partial charge in [-0.25, -0.2) is 0 Å². The molecule has 1 aliphatic carbocycles. The summed E-state index contributed by atoms with van der Waals surface area (Å²) in [6.45, 7) is 6.52. The van der Waals surface area contributed by atoms with Gasteiger partial charge in [-0.1, -0.05) is 26.7 Å². The Morgan fingerprint density at radius 3 is 2.68 bits per heavy atom. The first-order chi connectivity index (χ1) is 9.11. The van der Waals surface area contributed by atoms with Crippen molar-refractivity contribution >= 4 is 5.91 Å². The molecule has 1 saturated heterocycles. The molecule has 0 spiro atoms. The average Bonchev–Trinajstić information content (AvgIpc) is 2.70. The highest BCUT2D eigenvalue weighted by Crippen LogP contribution is 2.42. The van der Waals surface area contributed by atoms with Crippen LogP contribution in [-0.2, 0) is 4.79 Å². The van der Waals surface area contributed by atoms with E-state index in [0.29, 0.717) is 5.41 Å². The Labute approximate surface area is 117 Å². The van der Waals surface area contributed by atoms with Crippen molar-refractivity contribution in [3.8, 4) is 0 Å². The van der Waals surface area contributed by atoms with E-state index in [1.54, 1.807) is 0 Å². The summed E-state index contributed by atoms with van der Waals surface area (Å²) in [4.78, 5) is 12.0. The first-order valence-electron chi connectivity index (χ1n) is 8.12. The molecule has 3 nitrogen and oxygen atoms in total. The second-order valence-electron chi connectivity index (χ2n) is 7.03. The van der Waals surface area contributed by atoms with Gasteiger partial charge >= 0.3 is 0 Å². The van der Waals surface area contributed by atoms with E-state index in [1.165, 1.54) is 32.1 Å². The standard InChI is InChI=1S/C16H30N2O/c1-13(2)11-16(8-4-5-9-16)12-18-14-7-3-6-10-17-15(14)19/h13-14,18H,3-12H2,1-2H3,(H,17,19). The van der Waals surface area contributed by atoms with Gasteiger partial charge < -0.3 is 10.6 Å². The molecule has 110 valence electrons. The molecule has 3 heteroatoms. The van der Waals surface area contributed by atoms with E-state index < -0.39 is 0 Å². The van der Waals surface area contributed by atoms with Gasteiger partial charge in [0.25, 0.3) is 0 Å². The van der Waals surface area contributed by atoms with Crippen LogP contribution in [0.25, 0.3) is 0 Å². The largest absolute Gasteiger partial charge is 0.355 e. The second kappa shape index (κ2) is 6.74. The average molecular weight is 266 g/mol. The Bertz CT molecular complexity index is 295. The summed E-state index contributed by atoms with van der Waals surface area (Å²) in [5.41, 5.74) is 0.459. The SMILES string of the molecule is CC(C)CC1(CNC2CCCCNC2=O)CCCC1. The third-order valence-corrected chi connectivity index (χ3v) is 4.76. The fourth-order valence-corrected chi connectivity index (χ4v) is 3.92. The maximum absolute atomic E-state index is 12.0. The zero-order valence-electron chi connectivity index (χ0n) is 12.6. The van der Waals surface area contributed by atoms with Crippen LogP contribution >= 0.6 is 0 Å². The predicted octanol–water partition coefficient (Wildman–Crippen LogP) is 2.85. The van der Waals surface area contributed by atoms with E-state index in [9.17, 15) is 4.79 Å². The Morgan fingerprint density at radius 1 is 1.26 bits per heavy atom. The van der Waals surface area contributed by atoms with Gasteiger partial charge in [-0.15, -0.1) is 0 Å². The van der Waals surface area contributed by atoms with Crippen LogP contribution in [-0.4, -0.2) is 25.0 Å². The number of hydrogen-bond donors (Lipinski definition) is 2. The number of amides is 1. The fraction of sp³-hybridized carbons (Fsp3) is 0.938. The molecule has 1 saturated carbocycles. The molecule has 19 heavy (non-hydrogen) atoms. The summed E-state index contributed by atoms with van der Waals surface area (Å²) in [6.07, 6.45) is 10.0. The molecule has 1 amide bonds. The highest BCUT2D eigenvalue weighted by molar-refractivity contribution is 5.81. The van der Waals surface area contributed by atoms with Gasteiger partial charge in [0.2, 0.25) is 5.91 Å². The van der Waals surface area contributed by atoms with E-state index >= 15 is 0 Å². The first kappa shape index (κ1) is 14.8. The van der Waals surface area contributed by atoms with Gasteiger partial charge in [0.05, 0.1) is 6.04 Å². The maximum Gasteiger partial charge on any atom is 0.237 e. The fourth-order valence-electron chi connectivity index (χ4n) is 3.92. The Kier molecular flexibility index (Phi) is 5.26. The lowest BCUT2D eigenvalue weighted by atomic mass is 9.78. The maximum atomic E-state index is 12.0. The van der Waals surface area contributed by atoms with Crippen LogP contribution < -0.4 is 10.6 Å². The summed E-state index contributed by atoms with van der Waals surface area (Å²) in [7, 11) is 0. The van der Waals surface area contributed by atoms with E-state index in [2.05, 4.69) is 24.5 Å². The molecule has 1 atom stereocenters. The molecule has 0 aromatic heterocycles. The first-order valence-corrected chi connectivity index (χ1v) is 8.12. The summed E-state index contributed by atoms with van der Waals surface area (Å²) in [5, 5.41) is 6.61. The van der Waals surface area contributed by atoms with Crippen LogP contribution in [0.4, 0.5) is 0 Å². The lowest BCUT2D eigenvalue weighted by molar-refractivity contribution is -0.123. The molecule has 1 aliphatic heterocycles. The lowest BCUT2D eigenvalue weighted by Crippen LogP contribution is -2.46. The summed E-state index contributed by atoms with van der Waals surface area (Å²) >= 11 is 0. The van der Waals surface area contributed by atoms with Crippen LogP contribution in [0.5, 0.6) is 0 Å². The van der Waals surface area contributed by atoms with Crippen LogP contribution in [0.2, 0.25) is 0 Å². The Morgan fingerprint density at radius 2 is 2.00 bits per heavy atom. The van der Waals surface area contributed by atoms with Crippen LogP contribution in [0.1, 0.15) is 65.2 Å². The molecule has 0 aromatic carbocycles. The van der Waals surface area contributed by atoms with Gasteiger partial charge in [0.15, 0.2) is 0 Å². The van der Waals surface area contributed by atoms with Crippen molar-refractivity contribution in [2.24, 2.45) is 11.3 Å². The molecule has 2 fully saturated rings. The van der Waals surface area contributed by atoms with Crippen molar-refractivity contribution in [1.82, 2.24) is 10.6 Å². The summed E-state index contributed by atoms with van der Waals surface area (Å²) in [6, 6.07) is 0.0483. The van der Waals surface area contributed by atoms with Gasteiger partial charge in [-0.2, -0.15) is 0 Å². The predicted molar refractivity (Wildman–Crippen MR) is 79.0 cm³/mol. The lowest BCUT2D eigenvalue weighted by Gasteiger charge is -2.33. The molecule has 0 aromatic rings. The Hall–Kier alpha value is -0.570. The Balaban J connectivity index is 1.89.